The fraction of sp³-hybridized carbons (Fsp3) is 0.885. The molecule has 2 aliphatic heterocycles. The molecule has 0 saturated carbocycles. The van der Waals surface area contributed by atoms with Gasteiger partial charge in [0, 0.05) is 6.42 Å². The zero-order valence-corrected chi connectivity index (χ0v) is 47.3. The molecule has 0 radical (unpaired) electrons. The molecule has 14 heteroatoms. The summed E-state index contributed by atoms with van der Waals surface area (Å²) in [4.78, 5) is 13.3. The van der Waals surface area contributed by atoms with E-state index in [2.05, 4.69) is 43.5 Å². The van der Waals surface area contributed by atoms with Crippen LogP contribution in [0.3, 0.4) is 0 Å². The summed E-state index contributed by atoms with van der Waals surface area (Å²) < 4.78 is 22.8. The zero-order valence-electron chi connectivity index (χ0n) is 47.3. The smallest absolute Gasteiger partial charge is 0.220 e. The maximum Gasteiger partial charge on any atom is 0.220 e. The van der Waals surface area contributed by atoms with Crippen LogP contribution < -0.4 is 5.32 Å². The molecule has 0 aromatic carbocycles. The minimum Gasteiger partial charge on any atom is -0.394 e. The van der Waals surface area contributed by atoms with Crippen molar-refractivity contribution in [2.45, 2.75) is 325 Å². The number of nitrogens with one attached hydrogen (secondary N) is 1. The fourth-order valence-corrected chi connectivity index (χ4v) is 10.1. The first-order valence-electron chi connectivity index (χ1n) is 30.7. The highest BCUT2D eigenvalue weighted by molar-refractivity contribution is 5.76. The molecule has 0 aromatic heterocycles. The average Bonchev–Trinajstić information content (AvgIpc) is 3.41. The topological polar surface area (TPSA) is 228 Å². The Labute approximate surface area is 455 Å². The van der Waals surface area contributed by atoms with Gasteiger partial charge in [-0.25, -0.2) is 0 Å². The van der Waals surface area contributed by atoms with Crippen LogP contribution in [0.15, 0.2) is 36.5 Å². The summed E-state index contributed by atoms with van der Waals surface area (Å²) in [5.74, 6) is -0.249. The Morgan fingerprint density at radius 2 is 0.853 bits per heavy atom. The Bertz CT molecular complexity index is 1400. The van der Waals surface area contributed by atoms with Crippen molar-refractivity contribution in [1.29, 1.82) is 0 Å². The second-order valence-electron chi connectivity index (χ2n) is 21.8. The molecule has 0 aliphatic carbocycles. The number of carbonyl (C=O) groups is 1. The number of hydrogen-bond donors (Lipinski definition) is 9. The van der Waals surface area contributed by atoms with Crippen LogP contribution in [0, 0.1) is 0 Å². The van der Waals surface area contributed by atoms with Crippen molar-refractivity contribution >= 4 is 5.91 Å². The van der Waals surface area contributed by atoms with Crippen LogP contribution in [0.25, 0.3) is 0 Å². The third kappa shape index (κ3) is 32.8. The van der Waals surface area contributed by atoms with Crippen molar-refractivity contribution in [2.24, 2.45) is 0 Å². The van der Waals surface area contributed by atoms with E-state index >= 15 is 0 Å². The predicted molar refractivity (Wildman–Crippen MR) is 300 cm³/mol. The summed E-state index contributed by atoms with van der Waals surface area (Å²) in [5, 5.41) is 87.1. The van der Waals surface area contributed by atoms with Crippen LogP contribution in [0.1, 0.15) is 251 Å². The van der Waals surface area contributed by atoms with Gasteiger partial charge in [-0.3, -0.25) is 4.79 Å². The van der Waals surface area contributed by atoms with Crippen molar-refractivity contribution in [3.8, 4) is 0 Å². The molecule has 12 unspecified atom stereocenters. The largest absolute Gasteiger partial charge is 0.394 e. The maximum atomic E-state index is 13.3. The van der Waals surface area contributed by atoms with E-state index in [9.17, 15) is 45.6 Å². The molecule has 2 heterocycles. The monoisotopic (exact) mass is 1070 g/mol. The van der Waals surface area contributed by atoms with Gasteiger partial charge < -0.3 is 65.1 Å². The van der Waals surface area contributed by atoms with Crippen LogP contribution in [0.2, 0.25) is 0 Å². The van der Waals surface area contributed by atoms with E-state index in [1.54, 1.807) is 6.08 Å². The standard InChI is InChI=1S/C61H113NO13/c1-3-5-7-9-11-13-15-17-19-21-22-23-24-25-26-27-29-31-33-35-37-39-41-43-45-53(66)62-49(50(65)44-42-40-38-36-34-32-30-28-20-18-16-14-12-10-8-6-4-2)48-72-60-58(71)56(69)59(52(47-64)74-60)75-61-57(70)55(68)54(67)51(46-63)73-61/h20,28,34,36,42,44,49-52,54-61,63-65,67-71H,3-19,21-27,29-33,35,37-41,43,45-48H2,1-2H3,(H,62,66)/b28-20+,36-34+,44-42+. The molecule has 14 nitrogen and oxygen atoms in total. The van der Waals surface area contributed by atoms with Gasteiger partial charge in [0.25, 0.3) is 0 Å². The Morgan fingerprint density at radius 3 is 1.31 bits per heavy atom. The van der Waals surface area contributed by atoms with E-state index < -0.39 is 86.8 Å². The SMILES string of the molecule is CCCCCCCCC/C=C/CC/C=C/CC/C=C/C(O)C(COC1OC(CO)C(OC2OC(CO)C(O)C(O)C2O)C(O)C1O)NC(=O)CCCCCCCCCCCCCCCCCCCCCCCCCC. The number of ether oxygens (including phenoxy) is 4. The summed E-state index contributed by atoms with van der Waals surface area (Å²) in [7, 11) is 0. The number of rotatable bonds is 49. The first-order chi connectivity index (χ1) is 36.6. The Morgan fingerprint density at radius 1 is 0.467 bits per heavy atom. The molecule has 2 rings (SSSR count). The third-order valence-electron chi connectivity index (χ3n) is 15.1. The quantitative estimate of drug-likeness (QED) is 0.0204. The van der Waals surface area contributed by atoms with Crippen LogP contribution in [-0.2, 0) is 23.7 Å². The average molecular weight is 1070 g/mol. The number of carbonyl (C=O) groups excluding carboxylic acids is 1. The molecule has 75 heavy (non-hydrogen) atoms. The summed E-state index contributed by atoms with van der Waals surface area (Å²) in [6, 6.07) is -0.935. The number of aliphatic hydroxyl groups excluding tert-OH is 8. The van der Waals surface area contributed by atoms with Crippen LogP contribution in [-0.4, -0.2) is 140 Å². The molecule has 0 aromatic rings. The van der Waals surface area contributed by atoms with E-state index in [1.165, 1.54) is 173 Å². The van der Waals surface area contributed by atoms with Gasteiger partial charge in [-0.15, -0.1) is 0 Å². The zero-order chi connectivity index (χ0) is 54.6. The van der Waals surface area contributed by atoms with Gasteiger partial charge in [0.05, 0.1) is 32.0 Å². The third-order valence-corrected chi connectivity index (χ3v) is 15.1. The molecule has 12 atom stereocenters. The number of unbranched alkanes of at least 4 members (excludes halogenated alkanes) is 32. The Kier molecular flexibility index (Phi) is 43.5. The molecular weight excluding hydrogens is 955 g/mol. The lowest BCUT2D eigenvalue weighted by Crippen LogP contribution is -2.65. The second-order valence-corrected chi connectivity index (χ2v) is 21.8. The lowest BCUT2D eigenvalue weighted by Gasteiger charge is -2.46. The molecule has 1 amide bonds. The molecular formula is C61H113NO13. The van der Waals surface area contributed by atoms with Crippen LogP contribution >= 0.6 is 0 Å². The first-order valence-corrected chi connectivity index (χ1v) is 30.7. The van der Waals surface area contributed by atoms with Gasteiger partial charge in [-0.2, -0.15) is 0 Å². The number of hydrogen-bond acceptors (Lipinski definition) is 13. The summed E-state index contributed by atoms with van der Waals surface area (Å²) >= 11 is 0. The maximum absolute atomic E-state index is 13.3. The van der Waals surface area contributed by atoms with Crippen molar-refractivity contribution in [1.82, 2.24) is 5.32 Å². The lowest BCUT2D eigenvalue weighted by atomic mass is 9.97. The highest BCUT2D eigenvalue weighted by atomic mass is 16.7. The van der Waals surface area contributed by atoms with E-state index in [-0.39, 0.29) is 18.9 Å². The Hall–Kier alpha value is -1.79. The van der Waals surface area contributed by atoms with Crippen LogP contribution in [0.5, 0.6) is 0 Å². The van der Waals surface area contributed by atoms with E-state index in [0.29, 0.717) is 12.8 Å². The van der Waals surface area contributed by atoms with Crippen molar-refractivity contribution in [3.05, 3.63) is 36.5 Å². The number of amides is 1. The lowest BCUT2D eigenvalue weighted by molar-refractivity contribution is -0.359. The number of aliphatic hydroxyl groups is 8. The molecule has 9 N–H and O–H groups in total. The molecule has 0 bridgehead atoms. The van der Waals surface area contributed by atoms with Gasteiger partial charge in [0.15, 0.2) is 12.6 Å². The van der Waals surface area contributed by atoms with Gasteiger partial charge in [0.2, 0.25) is 5.91 Å². The predicted octanol–water partition coefficient (Wildman–Crippen LogP) is 10.6. The fourth-order valence-electron chi connectivity index (χ4n) is 10.1. The summed E-state index contributed by atoms with van der Waals surface area (Å²) in [5.41, 5.74) is 0. The minimum atomic E-state index is -1.79. The molecule has 2 aliphatic rings. The molecule has 2 fully saturated rings. The molecule has 0 spiro atoms. The van der Waals surface area contributed by atoms with Crippen LogP contribution in [0.4, 0.5) is 0 Å². The van der Waals surface area contributed by atoms with Gasteiger partial charge in [-0.05, 0) is 44.9 Å². The Balaban J connectivity index is 1.75. The summed E-state index contributed by atoms with van der Waals surface area (Å²) in [6.07, 6.45) is 40.5. The number of allylic oxidation sites excluding steroid dienone is 5. The summed E-state index contributed by atoms with van der Waals surface area (Å²) in [6.45, 7) is 2.79. The minimum absolute atomic E-state index is 0.249. The molecule has 2 saturated heterocycles. The van der Waals surface area contributed by atoms with E-state index in [4.69, 9.17) is 18.9 Å². The molecule has 440 valence electrons. The van der Waals surface area contributed by atoms with Gasteiger partial charge >= 0.3 is 0 Å². The highest BCUT2D eigenvalue weighted by Gasteiger charge is 2.51. The van der Waals surface area contributed by atoms with Crippen molar-refractivity contribution < 1.29 is 64.6 Å². The van der Waals surface area contributed by atoms with E-state index in [1.807, 2.05) is 6.08 Å². The van der Waals surface area contributed by atoms with Crippen molar-refractivity contribution in [3.63, 3.8) is 0 Å². The van der Waals surface area contributed by atoms with Gasteiger partial charge in [0.1, 0.15) is 48.8 Å². The van der Waals surface area contributed by atoms with Gasteiger partial charge in [-0.1, -0.05) is 237 Å². The highest BCUT2D eigenvalue weighted by Crippen LogP contribution is 2.30. The van der Waals surface area contributed by atoms with E-state index in [0.717, 1.165) is 44.9 Å². The normalized spacial score (nSPS) is 25.3. The van der Waals surface area contributed by atoms with Crippen molar-refractivity contribution in [2.75, 3.05) is 19.8 Å². The second kappa shape index (κ2) is 47.1. The first kappa shape index (κ1) is 69.3.